The van der Waals surface area contributed by atoms with Gasteiger partial charge in [-0.15, -0.1) is 0 Å². The molecule has 0 spiro atoms. The lowest BCUT2D eigenvalue weighted by Gasteiger charge is -2.43. The molecule has 0 unspecified atom stereocenters. The van der Waals surface area contributed by atoms with E-state index in [2.05, 4.69) is 5.32 Å². The van der Waals surface area contributed by atoms with Gasteiger partial charge in [0.15, 0.2) is 0 Å². The molecule has 7 nitrogen and oxygen atoms in total. The number of carbonyl (C=O) groups excluding carboxylic acids is 2. The second-order valence-electron chi connectivity index (χ2n) is 8.19. The molecule has 0 bridgehead atoms. The molecule has 1 N–H and O–H groups in total. The summed E-state index contributed by atoms with van der Waals surface area (Å²) in [6, 6.07) is 27.2. The number of nitrogens with zero attached hydrogens (tertiary/aromatic N) is 4. The highest BCUT2D eigenvalue weighted by Gasteiger charge is 2.39. The average Bonchev–Trinajstić information content (AvgIpc) is 3.33. The molecule has 34 heavy (non-hydrogen) atoms. The van der Waals surface area contributed by atoms with Gasteiger partial charge in [-0.1, -0.05) is 60.7 Å². The van der Waals surface area contributed by atoms with Gasteiger partial charge in [0.25, 0.3) is 5.91 Å². The second kappa shape index (κ2) is 8.86. The third kappa shape index (κ3) is 3.71. The van der Waals surface area contributed by atoms with Crippen molar-refractivity contribution >= 4 is 17.5 Å². The zero-order valence-electron chi connectivity index (χ0n) is 19.1. The molecular formula is C27H25N5O2. The standard InChI is InChI=1S/C27H25N5O2/c1-28-24(33)18-31-23-16-10-9-15-21(23)27(34)30(2)26(31)22-17-32(20-13-7-4-8-14-20)29-25(22)19-11-5-3-6-12-19/h3-17,26H,18H2,1-2H3,(H,28,33)/t26-/m0/s1. The number of hydrogen-bond donors (Lipinski definition) is 1. The zero-order valence-corrected chi connectivity index (χ0v) is 19.1. The minimum absolute atomic E-state index is 0.0970. The van der Waals surface area contributed by atoms with Gasteiger partial charge in [0.05, 0.1) is 29.2 Å². The van der Waals surface area contributed by atoms with E-state index in [0.717, 1.165) is 28.2 Å². The fourth-order valence-electron chi connectivity index (χ4n) is 4.44. The topological polar surface area (TPSA) is 70.5 Å². The fraction of sp³-hybridized carbons (Fsp3) is 0.148. The minimum atomic E-state index is -0.521. The lowest BCUT2D eigenvalue weighted by Crippen LogP contribution is -2.50. The number of fused-ring (bicyclic) bond motifs is 1. The van der Waals surface area contributed by atoms with E-state index < -0.39 is 6.17 Å². The molecule has 0 aliphatic carbocycles. The first-order valence-electron chi connectivity index (χ1n) is 11.1. The number of para-hydroxylation sites is 2. The molecule has 1 atom stereocenters. The highest BCUT2D eigenvalue weighted by atomic mass is 16.2. The van der Waals surface area contributed by atoms with Gasteiger partial charge in [-0.25, -0.2) is 4.68 Å². The molecule has 1 aromatic heterocycles. The quantitative estimate of drug-likeness (QED) is 0.500. The molecule has 1 aliphatic heterocycles. The number of anilines is 1. The number of aromatic nitrogens is 2. The zero-order chi connectivity index (χ0) is 23.7. The number of benzene rings is 3. The predicted molar refractivity (Wildman–Crippen MR) is 132 cm³/mol. The highest BCUT2D eigenvalue weighted by molar-refractivity contribution is 6.03. The average molecular weight is 452 g/mol. The van der Waals surface area contributed by atoms with Crippen LogP contribution in [-0.2, 0) is 4.79 Å². The maximum absolute atomic E-state index is 13.4. The van der Waals surface area contributed by atoms with Crippen molar-refractivity contribution in [1.29, 1.82) is 0 Å². The molecule has 0 radical (unpaired) electrons. The Morgan fingerprint density at radius 1 is 0.941 bits per heavy atom. The summed E-state index contributed by atoms with van der Waals surface area (Å²) in [6.07, 6.45) is 1.43. The van der Waals surface area contributed by atoms with Crippen molar-refractivity contribution < 1.29 is 9.59 Å². The van der Waals surface area contributed by atoms with Crippen LogP contribution in [0.3, 0.4) is 0 Å². The van der Waals surface area contributed by atoms with Crippen molar-refractivity contribution in [2.45, 2.75) is 6.17 Å². The molecule has 170 valence electrons. The summed E-state index contributed by atoms with van der Waals surface area (Å²) in [7, 11) is 3.39. The van der Waals surface area contributed by atoms with Crippen LogP contribution in [0.4, 0.5) is 5.69 Å². The summed E-state index contributed by atoms with van der Waals surface area (Å²) >= 11 is 0. The number of carbonyl (C=O) groups is 2. The van der Waals surface area contributed by atoms with Crippen molar-refractivity contribution in [3.05, 3.63) is 102 Å². The van der Waals surface area contributed by atoms with Gasteiger partial charge >= 0.3 is 0 Å². The summed E-state index contributed by atoms with van der Waals surface area (Å²) in [5, 5.41) is 7.64. The lowest BCUT2D eigenvalue weighted by molar-refractivity contribution is -0.119. The van der Waals surface area contributed by atoms with Gasteiger partial charge in [-0.2, -0.15) is 5.10 Å². The van der Waals surface area contributed by atoms with Crippen LogP contribution in [0.2, 0.25) is 0 Å². The van der Waals surface area contributed by atoms with E-state index in [4.69, 9.17) is 5.10 Å². The molecule has 2 amide bonds. The second-order valence-corrected chi connectivity index (χ2v) is 8.19. The van der Waals surface area contributed by atoms with Crippen LogP contribution < -0.4 is 10.2 Å². The normalized spacial score (nSPS) is 15.2. The number of rotatable bonds is 5. The van der Waals surface area contributed by atoms with Crippen molar-refractivity contribution in [2.24, 2.45) is 0 Å². The van der Waals surface area contributed by atoms with Gasteiger partial charge in [0.1, 0.15) is 6.17 Å². The van der Waals surface area contributed by atoms with E-state index >= 15 is 0 Å². The van der Waals surface area contributed by atoms with Gasteiger partial charge in [-0.05, 0) is 24.3 Å². The first-order valence-corrected chi connectivity index (χ1v) is 11.1. The molecule has 3 aromatic carbocycles. The highest BCUT2D eigenvalue weighted by Crippen LogP contribution is 2.41. The number of likely N-dealkylation sites (N-methyl/N-ethyl adjacent to an activating group) is 1. The van der Waals surface area contributed by atoms with Gasteiger partial charge < -0.3 is 15.1 Å². The summed E-state index contributed by atoms with van der Waals surface area (Å²) in [5.41, 5.74) is 4.74. The Hall–Kier alpha value is -4.39. The molecule has 7 heteroatoms. The Morgan fingerprint density at radius 2 is 1.59 bits per heavy atom. The van der Waals surface area contributed by atoms with Gasteiger partial charge in [-0.3, -0.25) is 9.59 Å². The van der Waals surface area contributed by atoms with Gasteiger partial charge in [0.2, 0.25) is 5.91 Å². The summed E-state index contributed by atoms with van der Waals surface area (Å²) in [6.45, 7) is 0.0978. The van der Waals surface area contributed by atoms with E-state index in [1.807, 2.05) is 94.6 Å². The molecule has 1 aliphatic rings. The first kappa shape index (κ1) is 21.5. The predicted octanol–water partition coefficient (Wildman–Crippen LogP) is 3.88. The van der Waals surface area contributed by atoms with Crippen molar-refractivity contribution in [2.75, 3.05) is 25.5 Å². The van der Waals surface area contributed by atoms with Crippen LogP contribution in [0.5, 0.6) is 0 Å². The van der Waals surface area contributed by atoms with E-state index in [9.17, 15) is 9.59 Å². The van der Waals surface area contributed by atoms with Crippen LogP contribution in [-0.4, -0.2) is 47.1 Å². The Morgan fingerprint density at radius 3 is 2.29 bits per heavy atom. The van der Waals surface area contributed by atoms with Crippen LogP contribution >= 0.6 is 0 Å². The molecule has 0 fully saturated rings. The Labute approximate surface area is 198 Å². The Bertz CT molecular complexity index is 1330. The lowest BCUT2D eigenvalue weighted by atomic mass is 9.99. The maximum Gasteiger partial charge on any atom is 0.257 e. The van der Waals surface area contributed by atoms with E-state index in [0.29, 0.717) is 5.56 Å². The SMILES string of the molecule is CNC(=O)CN1c2ccccc2C(=O)N(C)[C@@H]1c1cn(-c2ccccc2)nc1-c1ccccc1. The maximum atomic E-state index is 13.4. The van der Waals surface area contributed by atoms with Crippen LogP contribution in [0.25, 0.3) is 16.9 Å². The summed E-state index contributed by atoms with van der Waals surface area (Å²) in [5.74, 6) is -0.237. The third-order valence-electron chi connectivity index (χ3n) is 6.11. The van der Waals surface area contributed by atoms with Crippen molar-refractivity contribution in [1.82, 2.24) is 20.0 Å². The monoisotopic (exact) mass is 451 g/mol. The van der Waals surface area contributed by atoms with E-state index in [1.54, 1.807) is 25.1 Å². The van der Waals surface area contributed by atoms with Crippen LogP contribution in [0, 0.1) is 0 Å². The summed E-state index contributed by atoms with van der Waals surface area (Å²) < 4.78 is 1.83. The smallest absolute Gasteiger partial charge is 0.257 e. The third-order valence-corrected chi connectivity index (χ3v) is 6.11. The number of amides is 2. The number of hydrogen-bond acceptors (Lipinski definition) is 4. The Balaban J connectivity index is 1.72. The van der Waals surface area contributed by atoms with Crippen LogP contribution in [0.15, 0.2) is 91.1 Å². The van der Waals surface area contributed by atoms with E-state index in [-0.39, 0.29) is 18.4 Å². The van der Waals surface area contributed by atoms with Gasteiger partial charge in [0, 0.05) is 31.4 Å². The minimum Gasteiger partial charge on any atom is -0.358 e. The first-order chi connectivity index (χ1) is 16.6. The van der Waals surface area contributed by atoms with E-state index in [1.165, 1.54) is 0 Å². The molecule has 4 aromatic rings. The van der Waals surface area contributed by atoms with Crippen LogP contribution in [0.1, 0.15) is 22.1 Å². The fourth-order valence-corrected chi connectivity index (χ4v) is 4.44. The Kier molecular flexibility index (Phi) is 5.59. The number of nitrogens with one attached hydrogen (secondary N) is 1. The molecule has 5 rings (SSSR count). The van der Waals surface area contributed by atoms with Crippen molar-refractivity contribution in [3.63, 3.8) is 0 Å². The molecular weight excluding hydrogens is 426 g/mol. The largest absolute Gasteiger partial charge is 0.358 e. The van der Waals surface area contributed by atoms with Crippen molar-refractivity contribution in [3.8, 4) is 16.9 Å². The molecule has 2 heterocycles. The summed E-state index contributed by atoms with van der Waals surface area (Å²) in [4.78, 5) is 29.6. The molecule has 0 saturated heterocycles. The molecule has 0 saturated carbocycles.